The maximum atomic E-state index is 13.2. The molecule has 0 aliphatic carbocycles. The van der Waals surface area contributed by atoms with Gasteiger partial charge in [-0.15, -0.1) is 0 Å². The van der Waals surface area contributed by atoms with Gasteiger partial charge in [-0.3, -0.25) is 9.10 Å². The summed E-state index contributed by atoms with van der Waals surface area (Å²) in [4.78, 5) is 23.2. The van der Waals surface area contributed by atoms with Crippen LogP contribution in [0.1, 0.15) is 29.3 Å². The summed E-state index contributed by atoms with van der Waals surface area (Å²) >= 11 is 0. The minimum Gasteiger partial charge on any atom is -0.449 e. The molecule has 2 N–H and O–H groups in total. The van der Waals surface area contributed by atoms with Crippen molar-refractivity contribution in [1.82, 2.24) is 0 Å². The number of amides is 1. The van der Waals surface area contributed by atoms with Crippen LogP contribution in [0.25, 0.3) is 0 Å². The fraction of sp³-hybridized carbons (Fsp3) is 0.263. The van der Waals surface area contributed by atoms with Gasteiger partial charge in [-0.25, -0.2) is 13.2 Å². The SMILES string of the molecule is C[C@@H](OC(=O)c1cccc(S(=O)(=O)N2CCCc3ccccc32)c1)C(N)=O. The van der Waals surface area contributed by atoms with Gasteiger partial charge in [0.15, 0.2) is 6.10 Å². The number of anilines is 1. The number of esters is 1. The minimum absolute atomic E-state index is 0.0135. The molecule has 0 unspecified atom stereocenters. The lowest BCUT2D eigenvalue weighted by molar-refractivity contribution is -0.125. The minimum atomic E-state index is -3.84. The van der Waals surface area contributed by atoms with Crippen LogP contribution in [-0.2, 0) is 26.0 Å². The number of hydrogen-bond acceptors (Lipinski definition) is 5. The standard InChI is InChI=1S/C19H20N2O5S/c1-13(18(20)22)26-19(23)15-7-4-9-16(12-15)27(24,25)21-11-5-8-14-6-2-3-10-17(14)21/h2-4,6-7,9-10,12-13H,5,8,11H2,1H3,(H2,20,22)/t13-/m1/s1. The molecule has 0 bridgehead atoms. The van der Waals surface area contributed by atoms with Crippen molar-refractivity contribution in [2.75, 3.05) is 10.8 Å². The molecular weight excluding hydrogens is 368 g/mol. The van der Waals surface area contributed by atoms with Crippen LogP contribution in [0.2, 0.25) is 0 Å². The molecule has 142 valence electrons. The molecule has 2 aromatic rings. The first-order chi connectivity index (χ1) is 12.8. The summed E-state index contributed by atoms with van der Waals surface area (Å²) < 4.78 is 32.6. The monoisotopic (exact) mass is 388 g/mol. The molecule has 0 saturated heterocycles. The Morgan fingerprint density at radius 2 is 1.89 bits per heavy atom. The first kappa shape index (κ1) is 18.9. The van der Waals surface area contributed by atoms with Crippen molar-refractivity contribution < 1.29 is 22.7 Å². The number of nitrogens with zero attached hydrogens (tertiary/aromatic N) is 1. The van der Waals surface area contributed by atoms with Gasteiger partial charge in [0.2, 0.25) is 0 Å². The van der Waals surface area contributed by atoms with Gasteiger partial charge in [-0.2, -0.15) is 0 Å². The maximum absolute atomic E-state index is 13.2. The summed E-state index contributed by atoms with van der Waals surface area (Å²) in [6.07, 6.45) is 0.431. The lowest BCUT2D eigenvalue weighted by atomic mass is 10.0. The van der Waals surface area contributed by atoms with Gasteiger partial charge in [0.25, 0.3) is 15.9 Å². The molecule has 0 saturated carbocycles. The normalized spacial score (nSPS) is 14.9. The number of para-hydroxylation sites is 1. The van der Waals surface area contributed by atoms with E-state index in [-0.39, 0.29) is 10.5 Å². The van der Waals surface area contributed by atoms with Crippen LogP contribution >= 0.6 is 0 Å². The largest absolute Gasteiger partial charge is 0.449 e. The molecule has 0 spiro atoms. The van der Waals surface area contributed by atoms with E-state index in [2.05, 4.69) is 0 Å². The van der Waals surface area contributed by atoms with Crippen molar-refractivity contribution in [3.8, 4) is 0 Å². The number of primary amides is 1. The zero-order valence-corrected chi connectivity index (χ0v) is 15.6. The quantitative estimate of drug-likeness (QED) is 0.787. The van der Waals surface area contributed by atoms with E-state index in [9.17, 15) is 18.0 Å². The van der Waals surface area contributed by atoms with Gasteiger partial charge in [0.05, 0.1) is 16.1 Å². The second-order valence-electron chi connectivity index (χ2n) is 6.29. The van der Waals surface area contributed by atoms with Crippen molar-refractivity contribution in [1.29, 1.82) is 0 Å². The Balaban J connectivity index is 1.93. The number of hydrogen-bond donors (Lipinski definition) is 1. The van der Waals surface area contributed by atoms with E-state index >= 15 is 0 Å². The van der Waals surface area contributed by atoms with Gasteiger partial charge in [-0.1, -0.05) is 24.3 Å². The van der Waals surface area contributed by atoms with E-state index in [0.717, 1.165) is 12.0 Å². The van der Waals surface area contributed by atoms with Crippen molar-refractivity contribution in [3.05, 3.63) is 59.7 Å². The molecular formula is C19H20N2O5S. The zero-order valence-electron chi connectivity index (χ0n) is 14.8. The third kappa shape index (κ3) is 3.80. The number of ether oxygens (including phenoxy) is 1. The zero-order chi connectivity index (χ0) is 19.6. The topological polar surface area (TPSA) is 107 Å². The Bertz CT molecular complexity index is 987. The van der Waals surface area contributed by atoms with Crippen LogP contribution in [0.4, 0.5) is 5.69 Å². The van der Waals surface area contributed by atoms with Gasteiger partial charge in [0.1, 0.15) is 0 Å². The molecule has 3 rings (SSSR count). The fourth-order valence-electron chi connectivity index (χ4n) is 2.95. The van der Waals surface area contributed by atoms with E-state index in [1.165, 1.54) is 35.5 Å². The van der Waals surface area contributed by atoms with Crippen LogP contribution in [-0.4, -0.2) is 32.9 Å². The number of carbonyl (C=O) groups excluding carboxylic acids is 2. The number of rotatable bonds is 5. The molecule has 0 radical (unpaired) electrons. The van der Waals surface area contributed by atoms with Crippen LogP contribution < -0.4 is 10.0 Å². The first-order valence-electron chi connectivity index (χ1n) is 8.51. The Morgan fingerprint density at radius 3 is 2.63 bits per heavy atom. The van der Waals surface area contributed by atoms with Crippen LogP contribution in [0.5, 0.6) is 0 Å². The molecule has 1 heterocycles. The number of fused-ring (bicyclic) bond motifs is 1. The molecule has 8 heteroatoms. The molecule has 0 aromatic heterocycles. The second kappa shape index (κ2) is 7.40. The average Bonchev–Trinajstić information content (AvgIpc) is 2.67. The van der Waals surface area contributed by atoms with Crippen molar-refractivity contribution in [2.45, 2.75) is 30.8 Å². The highest BCUT2D eigenvalue weighted by molar-refractivity contribution is 7.92. The Labute approximate surface area is 157 Å². The van der Waals surface area contributed by atoms with Crippen molar-refractivity contribution >= 4 is 27.6 Å². The summed E-state index contributed by atoms with van der Waals surface area (Å²) in [7, 11) is -3.84. The highest BCUT2D eigenvalue weighted by Crippen LogP contribution is 2.32. The van der Waals surface area contributed by atoms with E-state index in [4.69, 9.17) is 10.5 Å². The predicted molar refractivity (Wildman–Crippen MR) is 99.8 cm³/mol. The van der Waals surface area contributed by atoms with Crippen LogP contribution in [0.15, 0.2) is 53.4 Å². The van der Waals surface area contributed by atoms with Gasteiger partial charge >= 0.3 is 5.97 Å². The first-order valence-corrected chi connectivity index (χ1v) is 9.95. The highest BCUT2D eigenvalue weighted by Gasteiger charge is 2.29. The smallest absolute Gasteiger partial charge is 0.338 e. The predicted octanol–water partition coefficient (Wildman–Crippen LogP) is 1.86. The summed E-state index contributed by atoms with van der Waals surface area (Å²) in [6.45, 7) is 1.72. The Hall–Kier alpha value is -2.87. The Morgan fingerprint density at radius 1 is 1.15 bits per heavy atom. The lowest BCUT2D eigenvalue weighted by Crippen LogP contribution is -2.35. The number of aryl methyl sites for hydroxylation is 1. The highest BCUT2D eigenvalue weighted by atomic mass is 32.2. The number of benzene rings is 2. The molecule has 7 nitrogen and oxygen atoms in total. The third-order valence-electron chi connectivity index (χ3n) is 4.41. The molecule has 0 fully saturated rings. The number of sulfonamides is 1. The van der Waals surface area contributed by atoms with Gasteiger partial charge in [-0.05, 0) is 49.6 Å². The molecule has 2 aromatic carbocycles. The average molecular weight is 388 g/mol. The second-order valence-corrected chi connectivity index (χ2v) is 8.15. The van der Waals surface area contributed by atoms with E-state index in [0.29, 0.717) is 18.7 Å². The lowest BCUT2D eigenvalue weighted by Gasteiger charge is -2.30. The molecule has 27 heavy (non-hydrogen) atoms. The third-order valence-corrected chi connectivity index (χ3v) is 6.22. The van der Waals surface area contributed by atoms with E-state index in [1.54, 1.807) is 12.1 Å². The van der Waals surface area contributed by atoms with E-state index in [1.807, 2.05) is 12.1 Å². The summed E-state index contributed by atoms with van der Waals surface area (Å²) in [5, 5.41) is 0. The summed E-state index contributed by atoms with van der Waals surface area (Å²) in [5.41, 5.74) is 6.74. The Kier molecular flexibility index (Phi) is 5.18. The maximum Gasteiger partial charge on any atom is 0.338 e. The van der Waals surface area contributed by atoms with E-state index < -0.39 is 28.0 Å². The van der Waals surface area contributed by atoms with Crippen molar-refractivity contribution in [3.63, 3.8) is 0 Å². The fourth-order valence-corrected chi connectivity index (χ4v) is 4.53. The van der Waals surface area contributed by atoms with Crippen LogP contribution in [0, 0.1) is 0 Å². The van der Waals surface area contributed by atoms with Crippen LogP contribution in [0.3, 0.4) is 0 Å². The number of nitrogens with two attached hydrogens (primary N) is 1. The molecule has 1 aliphatic heterocycles. The van der Waals surface area contributed by atoms with Gasteiger partial charge in [0, 0.05) is 6.54 Å². The van der Waals surface area contributed by atoms with Gasteiger partial charge < -0.3 is 10.5 Å². The number of carbonyl (C=O) groups is 2. The summed E-state index contributed by atoms with van der Waals surface area (Å²) in [5.74, 6) is -1.59. The summed E-state index contributed by atoms with van der Waals surface area (Å²) in [6, 6.07) is 12.9. The molecule has 1 atom stereocenters. The molecule has 1 amide bonds. The molecule has 1 aliphatic rings. The van der Waals surface area contributed by atoms with Crippen molar-refractivity contribution in [2.24, 2.45) is 5.73 Å².